The van der Waals surface area contributed by atoms with E-state index >= 15 is 0 Å². The minimum atomic E-state index is -1.07. The molecular formula is C14H18N4O4. The second-order valence-electron chi connectivity index (χ2n) is 5.20. The zero-order valence-electron chi connectivity index (χ0n) is 12.3. The van der Waals surface area contributed by atoms with E-state index in [1.807, 2.05) is 0 Å². The molecule has 0 atom stereocenters. The normalized spacial score (nSPS) is 16.0. The van der Waals surface area contributed by atoms with Crippen LogP contribution in [0.5, 0.6) is 0 Å². The van der Waals surface area contributed by atoms with Crippen LogP contribution in [0, 0.1) is 5.92 Å². The average molecular weight is 306 g/mol. The maximum absolute atomic E-state index is 11.2. The average Bonchev–Trinajstić information content (AvgIpc) is 3.02. The van der Waals surface area contributed by atoms with Crippen molar-refractivity contribution >= 4 is 17.3 Å². The number of rotatable bonds is 5. The number of carboxylic acid groups (broad SMARTS) is 1. The van der Waals surface area contributed by atoms with Crippen LogP contribution in [0.1, 0.15) is 23.3 Å². The molecule has 8 heteroatoms. The minimum Gasteiger partial charge on any atom is -0.476 e. The topological polar surface area (TPSA) is 89.2 Å². The fourth-order valence-corrected chi connectivity index (χ4v) is 2.66. The van der Waals surface area contributed by atoms with Gasteiger partial charge in [0.05, 0.1) is 26.0 Å². The van der Waals surface area contributed by atoms with Crippen molar-refractivity contribution in [1.82, 2.24) is 14.6 Å². The van der Waals surface area contributed by atoms with Gasteiger partial charge in [-0.25, -0.2) is 19.4 Å². The zero-order chi connectivity index (χ0) is 15.5. The number of carboxylic acids is 1. The summed E-state index contributed by atoms with van der Waals surface area (Å²) in [5.74, 6) is -0.0461. The predicted molar refractivity (Wildman–Crippen MR) is 77.8 cm³/mol. The van der Waals surface area contributed by atoms with Gasteiger partial charge in [0.1, 0.15) is 5.52 Å². The van der Waals surface area contributed by atoms with Gasteiger partial charge >= 0.3 is 5.97 Å². The fourth-order valence-electron chi connectivity index (χ4n) is 2.66. The third-order valence-corrected chi connectivity index (χ3v) is 3.85. The Kier molecular flexibility index (Phi) is 4.21. The fraction of sp³-hybridized carbons (Fsp3) is 0.500. The Morgan fingerprint density at radius 1 is 1.55 bits per heavy atom. The molecule has 2 aromatic rings. The van der Waals surface area contributed by atoms with Crippen molar-refractivity contribution in [3.63, 3.8) is 0 Å². The van der Waals surface area contributed by atoms with Gasteiger partial charge in [0.2, 0.25) is 0 Å². The highest BCUT2D eigenvalue weighted by Gasteiger charge is 2.22. The van der Waals surface area contributed by atoms with Crippen molar-refractivity contribution in [1.29, 1.82) is 0 Å². The predicted octanol–water partition coefficient (Wildman–Crippen LogP) is 1.22. The standard InChI is InChI=1S/C14H18N4O4/c1-21-17(9-10-3-6-22-7-4-10)13-11-2-5-16-18(11)12(8-15-13)14(19)20/h2,5,8,10H,3-4,6-7,9H2,1H3,(H,19,20). The lowest BCUT2D eigenvalue weighted by molar-refractivity contribution is 0.0557. The Morgan fingerprint density at radius 2 is 2.32 bits per heavy atom. The van der Waals surface area contributed by atoms with E-state index in [0.717, 1.165) is 26.1 Å². The molecule has 0 amide bonds. The van der Waals surface area contributed by atoms with Gasteiger partial charge in [0.15, 0.2) is 11.5 Å². The Balaban J connectivity index is 1.91. The summed E-state index contributed by atoms with van der Waals surface area (Å²) in [6, 6.07) is 1.73. The number of ether oxygens (including phenoxy) is 1. The van der Waals surface area contributed by atoms with E-state index < -0.39 is 5.97 Å². The number of aromatic carboxylic acids is 1. The van der Waals surface area contributed by atoms with Gasteiger partial charge in [0.25, 0.3) is 0 Å². The van der Waals surface area contributed by atoms with Crippen molar-refractivity contribution in [2.45, 2.75) is 12.8 Å². The first kappa shape index (κ1) is 14.7. The lowest BCUT2D eigenvalue weighted by atomic mass is 10.0. The summed E-state index contributed by atoms with van der Waals surface area (Å²) in [5, 5.41) is 14.9. The first-order chi connectivity index (χ1) is 10.7. The Labute approximate surface area is 127 Å². The van der Waals surface area contributed by atoms with Crippen LogP contribution < -0.4 is 5.06 Å². The molecule has 3 rings (SSSR count). The van der Waals surface area contributed by atoms with Crippen molar-refractivity contribution < 1.29 is 19.5 Å². The van der Waals surface area contributed by atoms with E-state index in [1.165, 1.54) is 10.7 Å². The molecule has 1 saturated heterocycles. The lowest BCUT2D eigenvalue weighted by Gasteiger charge is -2.28. The minimum absolute atomic E-state index is 0.0193. The molecular weight excluding hydrogens is 288 g/mol. The number of fused-ring (bicyclic) bond motifs is 1. The van der Waals surface area contributed by atoms with Crippen molar-refractivity contribution in [3.05, 3.63) is 24.2 Å². The van der Waals surface area contributed by atoms with Gasteiger partial charge in [-0.1, -0.05) is 0 Å². The summed E-state index contributed by atoms with van der Waals surface area (Å²) in [6.45, 7) is 2.20. The maximum Gasteiger partial charge on any atom is 0.356 e. The number of nitrogens with zero attached hydrogens (tertiary/aromatic N) is 4. The van der Waals surface area contributed by atoms with Gasteiger partial charge in [-0.15, -0.1) is 0 Å². The zero-order valence-corrected chi connectivity index (χ0v) is 12.3. The highest BCUT2D eigenvalue weighted by atomic mass is 16.7. The van der Waals surface area contributed by atoms with Gasteiger partial charge in [-0.05, 0) is 24.8 Å². The number of hydroxylamine groups is 1. The Morgan fingerprint density at radius 3 is 3.00 bits per heavy atom. The highest BCUT2D eigenvalue weighted by molar-refractivity contribution is 5.87. The van der Waals surface area contributed by atoms with E-state index in [2.05, 4.69) is 10.1 Å². The lowest BCUT2D eigenvalue weighted by Crippen LogP contribution is -2.32. The van der Waals surface area contributed by atoms with Crippen molar-refractivity contribution in [2.75, 3.05) is 31.9 Å². The molecule has 3 heterocycles. The first-order valence-electron chi connectivity index (χ1n) is 7.16. The van der Waals surface area contributed by atoms with Crippen LogP contribution in [0.15, 0.2) is 18.5 Å². The van der Waals surface area contributed by atoms with Gasteiger partial charge in [-0.3, -0.25) is 4.84 Å². The summed E-state index contributed by atoms with van der Waals surface area (Å²) >= 11 is 0. The van der Waals surface area contributed by atoms with Crippen LogP contribution in [-0.4, -0.2) is 52.5 Å². The molecule has 0 bridgehead atoms. The number of hydrogen-bond donors (Lipinski definition) is 1. The molecule has 1 fully saturated rings. The second kappa shape index (κ2) is 6.29. The van der Waals surface area contributed by atoms with Crippen LogP contribution >= 0.6 is 0 Å². The second-order valence-corrected chi connectivity index (χ2v) is 5.20. The molecule has 1 N–H and O–H groups in total. The molecule has 0 radical (unpaired) electrons. The Bertz CT molecular complexity index is 666. The molecule has 0 unspecified atom stereocenters. The summed E-state index contributed by atoms with van der Waals surface area (Å²) in [4.78, 5) is 20.9. The number of hydrogen-bond acceptors (Lipinski definition) is 6. The van der Waals surface area contributed by atoms with Crippen LogP contribution in [0.2, 0.25) is 0 Å². The first-order valence-corrected chi connectivity index (χ1v) is 7.16. The quantitative estimate of drug-likeness (QED) is 0.831. The monoisotopic (exact) mass is 306 g/mol. The Hall–Kier alpha value is -2.19. The molecule has 2 aromatic heterocycles. The van der Waals surface area contributed by atoms with Crippen LogP contribution in [0.25, 0.3) is 5.52 Å². The molecule has 22 heavy (non-hydrogen) atoms. The van der Waals surface area contributed by atoms with E-state index in [0.29, 0.717) is 23.8 Å². The summed E-state index contributed by atoms with van der Waals surface area (Å²) in [6.07, 6.45) is 4.80. The number of carbonyl (C=O) groups is 1. The molecule has 0 aromatic carbocycles. The van der Waals surface area contributed by atoms with E-state index in [9.17, 15) is 9.90 Å². The van der Waals surface area contributed by atoms with E-state index in [4.69, 9.17) is 9.57 Å². The molecule has 118 valence electrons. The van der Waals surface area contributed by atoms with Crippen molar-refractivity contribution in [3.8, 4) is 0 Å². The van der Waals surface area contributed by atoms with Gasteiger partial charge in [-0.2, -0.15) is 5.10 Å². The number of aromatic nitrogens is 3. The van der Waals surface area contributed by atoms with Crippen LogP contribution in [0.4, 0.5) is 5.82 Å². The molecule has 0 spiro atoms. The van der Waals surface area contributed by atoms with E-state index in [-0.39, 0.29) is 5.69 Å². The van der Waals surface area contributed by atoms with Crippen LogP contribution in [0.3, 0.4) is 0 Å². The summed E-state index contributed by atoms with van der Waals surface area (Å²) in [7, 11) is 1.58. The van der Waals surface area contributed by atoms with Crippen LogP contribution in [-0.2, 0) is 9.57 Å². The third kappa shape index (κ3) is 2.75. The summed E-state index contributed by atoms with van der Waals surface area (Å²) in [5.41, 5.74) is 0.625. The highest BCUT2D eigenvalue weighted by Crippen LogP contribution is 2.24. The third-order valence-electron chi connectivity index (χ3n) is 3.85. The molecule has 0 saturated carbocycles. The van der Waals surface area contributed by atoms with Gasteiger partial charge in [0, 0.05) is 13.2 Å². The molecule has 1 aliphatic heterocycles. The molecule has 0 aliphatic carbocycles. The molecule has 8 nitrogen and oxygen atoms in total. The maximum atomic E-state index is 11.2. The largest absolute Gasteiger partial charge is 0.476 e. The van der Waals surface area contributed by atoms with Gasteiger partial charge < -0.3 is 9.84 Å². The SMILES string of the molecule is CON(CC1CCOCC1)c1ncc(C(=O)O)n2nccc12. The van der Waals surface area contributed by atoms with E-state index in [1.54, 1.807) is 24.4 Å². The summed E-state index contributed by atoms with van der Waals surface area (Å²) < 4.78 is 6.73. The smallest absolute Gasteiger partial charge is 0.356 e. The number of anilines is 1. The van der Waals surface area contributed by atoms with Crippen molar-refractivity contribution in [2.24, 2.45) is 5.92 Å². The molecule has 1 aliphatic rings.